The smallest absolute Gasteiger partial charge is 0.0469 e. The summed E-state index contributed by atoms with van der Waals surface area (Å²) in [7, 11) is 0. The first-order chi connectivity index (χ1) is 8.42. The molecule has 0 radical (unpaired) electrons. The van der Waals surface area contributed by atoms with E-state index in [1.54, 1.807) is 0 Å². The Morgan fingerprint density at radius 1 is 0.941 bits per heavy atom. The molecule has 0 bridgehead atoms. The second-order valence-corrected chi connectivity index (χ2v) is 5.73. The number of nitrogens with zero attached hydrogens (tertiary/aromatic N) is 1. The van der Waals surface area contributed by atoms with Crippen LogP contribution >= 0.6 is 0 Å². The first-order valence-electron chi connectivity index (χ1n) is 7.72. The minimum atomic E-state index is 0.928. The summed E-state index contributed by atoms with van der Waals surface area (Å²) >= 11 is 0. The molecule has 3 rings (SSSR count). The minimum absolute atomic E-state index is 0.928. The summed E-state index contributed by atoms with van der Waals surface area (Å²) < 4.78 is 5.42. The maximum absolute atomic E-state index is 5.42. The van der Waals surface area contributed by atoms with Crippen LogP contribution in [0.5, 0.6) is 0 Å². The molecule has 2 heterocycles. The van der Waals surface area contributed by atoms with Crippen LogP contribution in [0.15, 0.2) is 0 Å². The Labute approximate surface area is 107 Å². The van der Waals surface area contributed by atoms with E-state index in [2.05, 4.69) is 4.90 Å². The van der Waals surface area contributed by atoms with Crippen LogP contribution in [0, 0.1) is 17.8 Å². The van der Waals surface area contributed by atoms with Crippen molar-refractivity contribution in [3.8, 4) is 0 Å². The van der Waals surface area contributed by atoms with Crippen molar-refractivity contribution in [3.05, 3.63) is 0 Å². The van der Waals surface area contributed by atoms with Gasteiger partial charge in [0.05, 0.1) is 0 Å². The van der Waals surface area contributed by atoms with E-state index in [4.69, 9.17) is 4.74 Å². The molecule has 0 spiro atoms. The average Bonchev–Trinajstić information content (AvgIpc) is 2.94. The van der Waals surface area contributed by atoms with Crippen LogP contribution in [0.3, 0.4) is 0 Å². The molecule has 17 heavy (non-hydrogen) atoms. The van der Waals surface area contributed by atoms with Gasteiger partial charge in [0.2, 0.25) is 0 Å². The molecule has 1 saturated carbocycles. The molecule has 2 aliphatic heterocycles. The number of hydrogen-bond donors (Lipinski definition) is 0. The highest BCUT2D eigenvalue weighted by Gasteiger charge is 2.36. The lowest BCUT2D eigenvalue weighted by Gasteiger charge is -2.27. The predicted octanol–water partition coefficient (Wildman–Crippen LogP) is 3.17. The van der Waals surface area contributed by atoms with Crippen molar-refractivity contribution in [2.45, 2.75) is 46.0 Å². The average molecular weight is 239 g/mol. The Hall–Kier alpha value is -0.0800. The van der Waals surface area contributed by atoms with Crippen molar-refractivity contribution in [2.75, 3.05) is 32.8 Å². The Bertz CT molecular complexity index is 201. The molecular formula is C15H29NO. The SMILES string of the molecule is C1CC2CN(CC3CCOCC3)CC2C1.CC. The Kier molecular flexibility index (Phi) is 5.30. The third-order valence-electron chi connectivity index (χ3n) is 4.66. The molecule has 0 amide bonds. The maximum atomic E-state index is 5.42. The zero-order valence-electron chi connectivity index (χ0n) is 11.7. The lowest BCUT2D eigenvalue weighted by atomic mass is 10.00. The standard InChI is InChI=1S/C13H23NO.C2H6/c1-2-12-9-14(10-13(12)3-1)8-11-4-6-15-7-5-11;1-2/h11-13H,1-10H2;1-2H3. The highest BCUT2D eigenvalue weighted by Crippen LogP contribution is 2.38. The topological polar surface area (TPSA) is 12.5 Å². The molecule has 0 aromatic carbocycles. The summed E-state index contributed by atoms with van der Waals surface area (Å²) in [5, 5.41) is 0. The van der Waals surface area contributed by atoms with Gasteiger partial charge in [0.25, 0.3) is 0 Å². The first-order valence-corrected chi connectivity index (χ1v) is 7.72. The summed E-state index contributed by atoms with van der Waals surface area (Å²) in [6, 6.07) is 0. The second kappa shape index (κ2) is 6.75. The van der Waals surface area contributed by atoms with Crippen molar-refractivity contribution < 1.29 is 4.74 Å². The molecule has 2 atom stereocenters. The van der Waals surface area contributed by atoms with Gasteiger partial charge in [-0.1, -0.05) is 20.3 Å². The van der Waals surface area contributed by atoms with Gasteiger partial charge in [-0.15, -0.1) is 0 Å². The Balaban J connectivity index is 0.000000514. The van der Waals surface area contributed by atoms with Crippen LogP contribution < -0.4 is 0 Å². The zero-order chi connectivity index (χ0) is 12.1. The molecule has 2 heteroatoms. The van der Waals surface area contributed by atoms with Gasteiger partial charge in [-0.2, -0.15) is 0 Å². The van der Waals surface area contributed by atoms with Crippen molar-refractivity contribution >= 4 is 0 Å². The van der Waals surface area contributed by atoms with Gasteiger partial charge in [-0.25, -0.2) is 0 Å². The van der Waals surface area contributed by atoms with Gasteiger partial charge in [0.1, 0.15) is 0 Å². The minimum Gasteiger partial charge on any atom is -0.381 e. The third kappa shape index (κ3) is 3.45. The van der Waals surface area contributed by atoms with E-state index < -0.39 is 0 Å². The van der Waals surface area contributed by atoms with Crippen LogP contribution in [0.1, 0.15) is 46.0 Å². The highest BCUT2D eigenvalue weighted by molar-refractivity contribution is 4.89. The lowest BCUT2D eigenvalue weighted by Crippen LogP contribution is -2.31. The van der Waals surface area contributed by atoms with Crippen LogP contribution in [0.2, 0.25) is 0 Å². The van der Waals surface area contributed by atoms with Gasteiger partial charge in [0.15, 0.2) is 0 Å². The van der Waals surface area contributed by atoms with Gasteiger partial charge in [-0.05, 0) is 43.4 Å². The van der Waals surface area contributed by atoms with E-state index in [9.17, 15) is 0 Å². The van der Waals surface area contributed by atoms with E-state index in [0.717, 1.165) is 31.0 Å². The third-order valence-corrected chi connectivity index (χ3v) is 4.66. The molecule has 0 aromatic rings. The fraction of sp³-hybridized carbons (Fsp3) is 1.00. The summed E-state index contributed by atoms with van der Waals surface area (Å²) in [6.45, 7) is 10.2. The van der Waals surface area contributed by atoms with E-state index in [1.807, 2.05) is 13.8 Å². The summed E-state index contributed by atoms with van der Waals surface area (Å²) in [5.74, 6) is 3.05. The highest BCUT2D eigenvalue weighted by atomic mass is 16.5. The van der Waals surface area contributed by atoms with Crippen molar-refractivity contribution in [1.29, 1.82) is 0 Å². The van der Waals surface area contributed by atoms with Crippen molar-refractivity contribution in [3.63, 3.8) is 0 Å². The van der Waals surface area contributed by atoms with Gasteiger partial charge >= 0.3 is 0 Å². The molecule has 2 nitrogen and oxygen atoms in total. The Morgan fingerprint density at radius 3 is 2.12 bits per heavy atom. The predicted molar refractivity (Wildman–Crippen MR) is 72.2 cm³/mol. The van der Waals surface area contributed by atoms with Crippen molar-refractivity contribution in [1.82, 2.24) is 4.90 Å². The van der Waals surface area contributed by atoms with Gasteiger partial charge in [-0.3, -0.25) is 0 Å². The van der Waals surface area contributed by atoms with Crippen LogP contribution in [-0.2, 0) is 4.74 Å². The van der Waals surface area contributed by atoms with E-state index in [-0.39, 0.29) is 0 Å². The molecule has 0 N–H and O–H groups in total. The largest absolute Gasteiger partial charge is 0.381 e. The lowest BCUT2D eigenvalue weighted by molar-refractivity contribution is 0.0546. The van der Waals surface area contributed by atoms with E-state index in [0.29, 0.717) is 0 Å². The second-order valence-electron chi connectivity index (χ2n) is 5.73. The number of hydrogen-bond acceptors (Lipinski definition) is 2. The normalized spacial score (nSPS) is 34.2. The summed E-state index contributed by atoms with van der Waals surface area (Å²) in [5.41, 5.74) is 0. The molecule has 100 valence electrons. The first kappa shape index (κ1) is 13.4. The monoisotopic (exact) mass is 239 g/mol. The summed E-state index contributed by atoms with van der Waals surface area (Å²) in [6.07, 6.45) is 7.11. The summed E-state index contributed by atoms with van der Waals surface area (Å²) in [4.78, 5) is 2.74. The fourth-order valence-electron chi connectivity index (χ4n) is 3.78. The fourth-order valence-corrected chi connectivity index (χ4v) is 3.78. The van der Waals surface area contributed by atoms with Crippen LogP contribution in [0.25, 0.3) is 0 Å². The maximum Gasteiger partial charge on any atom is 0.0469 e. The van der Waals surface area contributed by atoms with Gasteiger partial charge < -0.3 is 9.64 Å². The molecule has 0 aromatic heterocycles. The van der Waals surface area contributed by atoms with Crippen LogP contribution in [0.4, 0.5) is 0 Å². The quantitative estimate of drug-likeness (QED) is 0.734. The van der Waals surface area contributed by atoms with E-state index >= 15 is 0 Å². The zero-order valence-corrected chi connectivity index (χ0v) is 11.7. The number of fused-ring (bicyclic) bond motifs is 1. The molecule has 3 fully saturated rings. The van der Waals surface area contributed by atoms with Crippen molar-refractivity contribution in [2.24, 2.45) is 17.8 Å². The van der Waals surface area contributed by atoms with Crippen LogP contribution in [-0.4, -0.2) is 37.7 Å². The number of likely N-dealkylation sites (tertiary alicyclic amines) is 1. The molecule has 2 saturated heterocycles. The molecular weight excluding hydrogens is 210 g/mol. The number of rotatable bonds is 2. The molecule has 3 aliphatic rings. The van der Waals surface area contributed by atoms with E-state index in [1.165, 1.54) is 51.7 Å². The number of ether oxygens (including phenoxy) is 1. The Morgan fingerprint density at radius 2 is 1.53 bits per heavy atom. The molecule has 2 unspecified atom stereocenters. The molecule has 1 aliphatic carbocycles. The van der Waals surface area contributed by atoms with Gasteiger partial charge in [0, 0.05) is 32.8 Å².